The van der Waals surface area contributed by atoms with E-state index >= 15 is 0 Å². The molecule has 0 bridgehead atoms. The van der Waals surface area contributed by atoms with Gasteiger partial charge < -0.3 is 14.4 Å². The van der Waals surface area contributed by atoms with Gasteiger partial charge in [-0.3, -0.25) is 0 Å². The molecule has 1 aromatic carbocycles. The number of rotatable bonds is 3. The predicted octanol–water partition coefficient (Wildman–Crippen LogP) is 1.21. The molecular formula is C17H19FN4O4S. The first-order valence-electron chi connectivity index (χ1n) is 8.58. The van der Waals surface area contributed by atoms with Crippen LogP contribution in [0.25, 0.3) is 0 Å². The number of nitrogens with zero attached hydrogens (tertiary/aromatic N) is 4. The highest BCUT2D eigenvalue weighted by molar-refractivity contribution is 7.89. The van der Waals surface area contributed by atoms with Crippen LogP contribution in [0.3, 0.4) is 0 Å². The van der Waals surface area contributed by atoms with E-state index in [1.165, 1.54) is 22.8 Å². The molecule has 3 heterocycles. The minimum atomic E-state index is -3.67. The Bertz CT molecular complexity index is 961. The van der Waals surface area contributed by atoms with E-state index in [1.54, 1.807) is 17.9 Å². The van der Waals surface area contributed by atoms with Crippen LogP contribution < -0.4 is 14.4 Å². The van der Waals surface area contributed by atoms with E-state index in [0.29, 0.717) is 37.8 Å². The molecule has 0 radical (unpaired) electrons. The number of ether oxygens (including phenoxy) is 2. The molecule has 4 rings (SSSR count). The zero-order valence-electron chi connectivity index (χ0n) is 14.8. The van der Waals surface area contributed by atoms with Crippen molar-refractivity contribution in [1.29, 1.82) is 0 Å². The third kappa shape index (κ3) is 3.30. The maximum absolute atomic E-state index is 14.2. The van der Waals surface area contributed by atoms with Gasteiger partial charge in [0.1, 0.15) is 19.5 Å². The molecule has 27 heavy (non-hydrogen) atoms. The molecule has 2 aliphatic heterocycles. The second kappa shape index (κ2) is 6.93. The number of aryl methyl sites for hydroxylation is 1. The highest BCUT2D eigenvalue weighted by Gasteiger charge is 2.31. The van der Waals surface area contributed by atoms with Crippen LogP contribution in [0.4, 0.5) is 10.2 Å². The highest BCUT2D eigenvalue weighted by atomic mass is 32.2. The van der Waals surface area contributed by atoms with Gasteiger partial charge in [0.25, 0.3) is 0 Å². The standard InChI is InChI=1S/C17H19FN4O4S/c1-12-16(18)17(20-11-19-12)21-4-6-22(7-5-21)27(23,24)13-2-3-14-15(10-13)26-9-8-25-14/h2-3,10-11H,4-9H2,1H3. The van der Waals surface area contributed by atoms with Crippen molar-refractivity contribution in [3.8, 4) is 11.5 Å². The van der Waals surface area contributed by atoms with Gasteiger partial charge in [-0.05, 0) is 19.1 Å². The Balaban J connectivity index is 1.51. The number of hydrogen-bond donors (Lipinski definition) is 0. The first-order valence-corrected chi connectivity index (χ1v) is 10.0. The molecule has 8 nitrogen and oxygen atoms in total. The number of anilines is 1. The zero-order chi connectivity index (χ0) is 19.0. The maximum Gasteiger partial charge on any atom is 0.243 e. The second-order valence-corrected chi connectivity index (χ2v) is 8.23. The van der Waals surface area contributed by atoms with Crippen molar-refractivity contribution in [2.75, 3.05) is 44.3 Å². The fourth-order valence-corrected chi connectivity index (χ4v) is 4.58. The van der Waals surface area contributed by atoms with Crippen molar-refractivity contribution < 1.29 is 22.3 Å². The van der Waals surface area contributed by atoms with E-state index in [1.807, 2.05) is 0 Å². The number of sulfonamides is 1. The van der Waals surface area contributed by atoms with Crippen LogP contribution in [-0.2, 0) is 10.0 Å². The molecule has 0 unspecified atom stereocenters. The number of piperazine rings is 1. The van der Waals surface area contributed by atoms with Gasteiger partial charge in [-0.1, -0.05) is 0 Å². The van der Waals surface area contributed by atoms with Crippen LogP contribution in [0.15, 0.2) is 29.4 Å². The van der Waals surface area contributed by atoms with Gasteiger partial charge in [0.05, 0.1) is 10.6 Å². The lowest BCUT2D eigenvalue weighted by Gasteiger charge is -2.34. The molecule has 0 amide bonds. The van der Waals surface area contributed by atoms with Crippen molar-refractivity contribution >= 4 is 15.8 Å². The molecule has 2 aliphatic rings. The molecule has 2 aromatic rings. The Hall–Kier alpha value is -2.46. The lowest BCUT2D eigenvalue weighted by Crippen LogP contribution is -2.49. The molecule has 10 heteroatoms. The van der Waals surface area contributed by atoms with Crippen molar-refractivity contribution in [3.05, 3.63) is 36.0 Å². The van der Waals surface area contributed by atoms with Crippen LogP contribution in [0.2, 0.25) is 0 Å². The molecule has 1 fully saturated rings. The summed E-state index contributed by atoms with van der Waals surface area (Å²) in [4.78, 5) is 9.71. The quantitative estimate of drug-likeness (QED) is 0.773. The van der Waals surface area contributed by atoms with E-state index in [-0.39, 0.29) is 29.5 Å². The molecule has 1 aromatic heterocycles. The second-order valence-electron chi connectivity index (χ2n) is 6.29. The van der Waals surface area contributed by atoms with Crippen LogP contribution >= 0.6 is 0 Å². The Morgan fingerprint density at radius 1 is 1.04 bits per heavy atom. The summed E-state index contributed by atoms with van der Waals surface area (Å²) in [6.07, 6.45) is 1.31. The highest BCUT2D eigenvalue weighted by Crippen LogP contribution is 2.33. The van der Waals surface area contributed by atoms with E-state index < -0.39 is 15.8 Å². The van der Waals surface area contributed by atoms with Crippen molar-refractivity contribution in [2.45, 2.75) is 11.8 Å². The smallest absolute Gasteiger partial charge is 0.243 e. The Morgan fingerprint density at radius 2 is 1.74 bits per heavy atom. The summed E-state index contributed by atoms with van der Waals surface area (Å²) in [5.41, 5.74) is 0.270. The molecule has 0 atom stereocenters. The molecular weight excluding hydrogens is 375 g/mol. The molecule has 0 spiro atoms. The van der Waals surface area contributed by atoms with Crippen molar-refractivity contribution in [3.63, 3.8) is 0 Å². The summed E-state index contributed by atoms with van der Waals surface area (Å²) in [5, 5.41) is 0. The fourth-order valence-electron chi connectivity index (χ4n) is 3.14. The first kappa shape index (κ1) is 17.9. The SMILES string of the molecule is Cc1ncnc(N2CCN(S(=O)(=O)c3ccc4c(c3)OCCO4)CC2)c1F. The number of aromatic nitrogens is 2. The third-order valence-electron chi connectivity index (χ3n) is 4.63. The minimum absolute atomic E-state index is 0.157. The van der Waals surface area contributed by atoms with Gasteiger partial charge in [-0.15, -0.1) is 0 Å². The van der Waals surface area contributed by atoms with Crippen LogP contribution in [0.1, 0.15) is 5.69 Å². The van der Waals surface area contributed by atoms with Gasteiger partial charge >= 0.3 is 0 Å². The largest absolute Gasteiger partial charge is 0.486 e. The van der Waals surface area contributed by atoms with E-state index in [0.717, 1.165) is 0 Å². The molecule has 144 valence electrons. The van der Waals surface area contributed by atoms with E-state index in [2.05, 4.69) is 9.97 Å². The van der Waals surface area contributed by atoms with Gasteiger partial charge in [0.2, 0.25) is 10.0 Å². The van der Waals surface area contributed by atoms with Crippen molar-refractivity contribution in [2.24, 2.45) is 0 Å². The van der Waals surface area contributed by atoms with Crippen LogP contribution in [-0.4, -0.2) is 62.1 Å². The topological polar surface area (TPSA) is 84.9 Å². The summed E-state index contributed by atoms with van der Waals surface area (Å²) in [6.45, 7) is 3.56. The monoisotopic (exact) mass is 394 g/mol. The third-order valence-corrected chi connectivity index (χ3v) is 6.53. The Labute approximate surface area is 156 Å². The molecule has 0 aliphatic carbocycles. The number of halogens is 1. The van der Waals surface area contributed by atoms with Crippen LogP contribution in [0.5, 0.6) is 11.5 Å². The predicted molar refractivity (Wildman–Crippen MR) is 95.1 cm³/mol. The number of fused-ring (bicyclic) bond motifs is 1. The Kier molecular flexibility index (Phi) is 4.60. The zero-order valence-corrected chi connectivity index (χ0v) is 15.6. The summed E-state index contributed by atoms with van der Waals surface area (Å²) in [7, 11) is -3.67. The lowest BCUT2D eigenvalue weighted by molar-refractivity contribution is 0.171. The summed E-state index contributed by atoms with van der Waals surface area (Å²) in [5.74, 6) is 0.707. The summed E-state index contributed by atoms with van der Waals surface area (Å²) >= 11 is 0. The average molecular weight is 394 g/mol. The fraction of sp³-hybridized carbons (Fsp3) is 0.412. The number of benzene rings is 1. The van der Waals surface area contributed by atoms with E-state index in [4.69, 9.17) is 9.47 Å². The van der Waals surface area contributed by atoms with Gasteiger partial charge in [-0.25, -0.2) is 22.8 Å². The first-order chi connectivity index (χ1) is 13.0. The molecule has 0 N–H and O–H groups in total. The lowest BCUT2D eigenvalue weighted by atomic mass is 10.3. The number of hydrogen-bond acceptors (Lipinski definition) is 7. The summed E-state index contributed by atoms with van der Waals surface area (Å²) in [6, 6.07) is 4.61. The molecule has 1 saturated heterocycles. The summed E-state index contributed by atoms with van der Waals surface area (Å²) < 4.78 is 52.4. The van der Waals surface area contributed by atoms with Gasteiger partial charge in [0.15, 0.2) is 23.1 Å². The normalized spacial score (nSPS) is 17.8. The van der Waals surface area contributed by atoms with Crippen molar-refractivity contribution in [1.82, 2.24) is 14.3 Å². The minimum Gasteiger partial charge on any atom is -0.486 e. The van der Waals surface area contributed by atoms with Gasteiger partial charge in [0, 0.05) is 32.2 Å². The molecule has 0 saturated carbocycles. The van der Waals surface area contributed by atoms with Crippen LogP contribution in [0, 0.1) is 12.7 Å². The maximum atomic E-state index is 14.2. The Morgan fingerprint density at radius 3 is 2.48 bits per heavy atom. The van der Waals surface area contributed by atoms with E-state index in [9.17, 15) is 12.8 Å². The average Bonchev–Trinajstić information content (AvgIpc) is 2.70. The van der Waals surface area contributed by atoms with Gasteiger partial charge in [-0.2, -0.15) is 4.31 Å².